The number of carbonyl (C=O) groups is 8. The maximum absolute atomic E-state index is 13.6. The largest absolute Gasteiger partial charge is 0.459 e. The Hall–Kier alpha value is -5.34. The third-order valence-electron chi connectivity index (χ3n) is 10.6. The number of nitrogens with two attached hydrogens (primary N) is 1. The van der Waals surface area contributed by atoms with Crippen LogP contribution in [0.3, 0.4) is 0 Å². The number of benzene rings is 1. The molecule has 20 heteroatoms. The Kier molecular flexibility index (Phi) is 27.7. The van der Waals surface area contributed by atoms with E-state index in [1.807, 2.05) is 0 Å². The average Bonchev–Trinajstić information content (AvgIpc) is 3.39. The van der Waals surface area contributed by atoms with Crippen molar-refractivity contribution in [1.82, 2.24) is 26.6 Å². The Morgan fingerprint density at radius 2 is 1.15 bits per heavy atom. The van der Waals surface area contributed by atoms with Gasteiger partial charge in [0.25, 0.3) is 5.91 Å². The predicted molar refractivity (Wildman–Crippen MR) is 268 cm³/mol. The van der Waals surface area contributed by atoms with Crippen LogP contribution in [0.15, 0.2) is 24.3 Å². The van der Waals surface area contributed by atoms with Crippen LogP contribution in [0.1, 0.15) is 169 Å². The molecule has 8 N–H and O–H groups in total. The molecule has 0 heterocycles. The van der Waals surface area contributed by atoms with Crippen molar-refractivity contribution in [3.05, 3.63) is 29.8 Å². The van der Waals surface area contributed by atoms with Crippen molar-refractivity contribution in [2.24, 2.45) is 5.73 Å². The number of ether oxygens (including phenoxy) is 5. The predicted octanol–water partition coefficient (Wildman–Crippen LogP) is 5.24. The molecule has 402 valence electrons. The molecule has 1 aromatic rings. The summed E-state index contributed by atoms with van der Waals surface area (Å²) in [6.07, 6.45) is 9.00. The summed E-state index contributed by atoms with van der Waals surface area (Å²) in [7, 11) is 0. The normalized spacial score (nSPS) is 15.0. The van der Waals surface area contributed by atoms with E-state index in [0.717, 1.165) is 38.5 Å². The Morgan fingerprint density at radius 3 is 1.77 bits per heavy atom. The Balaban J connectivity index is 1.79. The van der Waals surface area contributed by atoms with Gasteiger partial charge in [-0.05, 0) is 132 Å². The van der Waals surface area contributed by atoms with E-state index in [1.165, 1.54) is 12.8 Å². The molecule has 1 aliphatic rings. The second kappa shape index (κ2) is 31.9. The standard InChI is InChI=1S/C51H85N7O13/c1-49(2,3)69-46(64)38(52)25-27-42(60)58-40(47(65)70-50(4,5)6)26-28-41(59)53-30-31-67-32-33-68-34-43(61)57-39(45(63)55-36-18-14-12-10-11-13-15-19-36)20-16-17-29-54-44(62)35-21-23-37(24-22-35)56-48(66)71-51(7,8)9/h21-24,36,38-40H,10-20,25-34,52H2,1-9H3,(H,53,59)(H,54,62)(H,55,63)(H,56,66)(H,57,61)(H,58,60). The number of rotatable bonds is 27. The summed E-state index contributed by atoms with van der Waals surface area (Å²) < 4.78 is 27.1. The maximum atomic E-state index is 13.6. The first-order valence-corrected chi connectivity index (χ1v) is 25.2. The zero-order chi connectivity index (χ0) is 53.0. The Labute approximate surface area is 420 Å². The summed E-state index contributed by atoms with van der Waals surface area (Å²) >= 11 is 0. The molecule has 20 nitrogen and oxygen atoms in total. The maximum Gasteiger partial charge on any atom is 0.412 e. The molecule has 1 aliphatic carbocycles. The summed E-state index contributed by atoms with van der Waals surface area (Å²) in [5.41, 5.74) is 4.58. The molecular weight excluding hydrogens is 919 g/mol. The van der Waals surface area contributed by atoms with Crippen molar-refractivity contribution < 1.29 is 62.0 Å². The SMILES string of the molecule is CC(C)(C)OC(=O)Nc1ccc(C(=O)NCCCCC(NC(=O)COCCOCCNC(=O)CCC(NC(=O)CCC(N)C(=O)OC(C)(C)C)C(=O)OC(C)(C)C)C(=O)NC2CCCCCCCC2)cc1. The molecule has 0 aromatic heterocycles. The Bertz CT molecular complexity index is 1830. The first kappa shape index (κ1) is 61.8. The van der Waals surface area contributed by atoms with Crippen molar-refractivity contribution in [3.8, 4) is 0 Å². The number of carbonyl (C=O) groups excluding carboxylic acids is 8. The van der Waals surface area contributed by atoms with Crippen LogP contribution in [0, 0.1) is 0 Å². The molecule has 1 aromatic carbocycles. The first-order valence-electron chi connectivity index (χ1n) is 25.2. The van der Waals surface area contributed by atoms with Crippen LogP contribution in [0.4, 0.5) is 10.5 Å². The van der Waals surface area contributed by atoms with E-state index < -0.39 is 64.8 Å². The van der Waals surface area contributed by atoms with E-state index >= 15 is 0 Å². The number of hydrogen-bond donors (Lipinski definition) is 7. The minimum absolute atomic E-state index is 0.00898. The van der Waals surface area contributed by atoms with E-state index in [0.29, 0.717) is 37.1 Å². The highest BCUT2D eigenvalue weighted by atomic mass is 16.6. The lowest BCUT2D eigenvalue weighted by molar-refractivity contribution is -0.159. The second-order valence-electron chi connectivity index (χ2n) is 20.9. The number of nitrogens with one attached hydrogen (secondary N) is 6. The fourth-order valence-electron chi connectivity index (χ4n) is 7.17. The molecule has 0 aliphatic heterocycles. The van der Waals surface area contributed by atoms with Crippen molar-refractivity contribution in [2.45, 2.75) is 200 Å². The minimum Gasteiger partial charge on any atom is -0.459 e. The molecule has 0 bridgehead atoms. The van der Waals surface area contributed by atoms with Crippen LogP contribution in [0.5, 0.6) is 0 Å². The van der Waals surface area contributed by atoms with Gasteiger partial charge in [-0.2, -0.15) is 0 Å². The van der Waals surface area contributed by atoms with Crippen molar-refractivity contribution in [3.63, 3.8) is 0 Å². The molecule has 0 spiro atoms. The number of esters is 2. The highest BCUT2D eigenvalue weighted by molar-refractivity contribution is 5.95. The van der Waals surface area contributed by atoms with Crippen LogP contribution in [0.25, 0.3) is 0 Å². The van der Waals surface area contributed by atoms with E-state index in [1.54, 1.807) is 86.6 Å². The van der Waals surface area contributed by atoms with Gasteiger partial charge in [0, 0.05) is 43.2 Å². The summed E-state index contributed by atoms with van der Waals surface area (Å²) in [6, 6.07) is 3.51. The smallest absolute Gasteiger partial charge is 0.412 e. The first-order chi connectivity index (χ1) is 33.3. The minimum atomic E-state index is -1.12. The topological polar surface area (TPSA) is 281 Å². The lowest BCUT2D eigenvalue weighted by atomic mass is 10.0. The number of anilines is 1. The molecular formula is C51H85N7O13. The number of amides is 6. The highest BCUT2D eigenvalue weighted by Gasteiger charge is 2.29. The molecule has 3 unspecified atom stereocenters. The van der Waals surface area contributed by atoms with Crippen LogP contribution in [-0.4, -0.2) is 128 Å². The highest BCUT2D eigenvalue weighted by Crippen LogP contribution is 2.19. The fraction of sp³-hybridized carbons (Fsp3) is 0.725. The van der Waals surface area contributed by atoms with Gasteiger partial charge in [0.15, 0.2) is 0 Å². The average molecular weight is 1000 g/mol. The van der Waals surface area contributed by atoms with E-state index in [4.69, 9.17) is 29.4 Å². The summed E-state index contributed by atoms with van der Waals surface area (Å²) in [4.78, 5) is 102. The monoisotopic (exact) mass is 1000 g/mol. The molecule has 6 amide bonds. The summed E-state index contributed by atoms with van der Waals surface area (Å²) in [6.45, 7) is 16.0. The summed E-state index contributed by atoms with van der Waals surface area (Å²) in [5, 5.41) is 16.8. The zero-order valence-corrected chi connectivity index (χ0v) is 43.9. The quantitative estimate of drug-likeness (QED) is 0.0337. The molecule has 0 saturated heterocycles. The molecule has 1 fully saturated rings. The summed E-state index contributed by atoms with van der Waals surface area (Å²) in [5.74, 6) is -3.27. The van der Waals surface area contributed by atoms with Crippen molar-refractivity contribution in [2.75, 3.05) is 44.8 Å². The van der Waals surface area contributed by atoms with Gasteiger partial charge in [0.2, 0.25) is 23.6 Å². The van der Waals surface area contributed by atoms with Crippen LogP contribution in [0.2, 0.25) is 0 Å². The van der Waals surface area contributed by atoms with Crippen molar-refractivity contribution in [1.29, 1.82) is 0 Å². The molecule has 71 heavy (non-hydrogen) atoms. The van der Waals surface area contributed by atoms with Gasteiger partial charge in [-0.1, -0.05) is 38.5 Å². The van der Waals surface area contributed by atoms with E-state index in [-0.39, 0.29) is 82.4 Å². The van der Waals surface area contributed by atoms with E-state index in [2.05, 4.69) is 31.9 Å². The molecule has 2 rings (SSSR count). The number of unbranched alkanes of at least 4 members (excludes halogenated alkanes) is 1. The Morgan fingerprint density at radius 1 is 0.592 bits per heavy atom. The van der Waals surface area contributed by atoms with Crippen LogP contribution >= 0.6 is 0 Å². The fourth-order valence-corrected chi connectivity index (χ4v) is 7.17. The molecule has 0 radical (unpaired) electrons. The van der Waals surface area contributed by atoms with Gasteiger partial charge in [-0.15, -0.1) is 0 Å². The lowest BCUT2D eigenvalue weighted by Gasteiger charge is -2.25. The van der Waals surface area contributed by atoms with Gasteiger partial charge in [-0.25, -0.2) is 9.59 Å². The number of hydrogen-bond acceptors (Lipinski definition) is 14. The zero-order valence-electron chi connectivity index (χ0n) is 43.9. The third-order valence-corrected chi connectivity index (χ3v) is 10.6. The van der Waals surface area contributed by atoms with Crippen molar-refractivity contribution >= 4 is 53.3 Å². The third kappa shape index (κ3) is 30.2. The lowest BCUT2D eigenvalue weighted by Crippen LogP contribution is -2.50. The van der Waals surface area contributed by atoms with Gasteiger partial charge in [-0.3, -0.25) is 34.1 Å². The van der Waals surface area contributed by atoms with E-state index in [9.17, 15) is 38.4 Å². The van der Waals surface area contributed by atoms with Gasteiger partial charge >= 0.3 is 18.0 Å². The second-order valence-corrected chi connectivity index (χ2v) is 20.9. The van der Waals surface area contributed by atoms with Gasteiger partial charge in [0.05, 0.1) is 19.8 Å². The van der Waals surface area contributed by atoms with Crippen LogP contribution in [-0.2, 0) is 52.5 Å². The van der Waals surface area contributed by atoms with Crippen LogP contribution < -0.4 is 37.6 Å². The molecule has 3 atom stereocenters. The van der Waals surface area contributed by atoms with Gasteiger partial charge < -0.3 is 56.0 Å². The van der Waals surface area contributed by atoms with Gasteiger partial charge in [0.1, 0.15) is 41.5 Å². The molecule has 1 saturated carbocycles.